The number of hydrogen-bond acceptors (Lipinski definition) is 1. The van der Waals surface area contributed by atoms with Gasteiger partial charge in [0.2, 0.25) is 0 Å². The minimum atomic E-state index is 0.866. The van der Waals surface area contributed by atoms with Gasteiger partial charge in [0, 0.05) is 18.3 Å². The van der Waals surface area contributed by atoms with Crippen molar-refractivity contribution in [3.05, 3.63) is 66.4 Å². The number of benzene rings is 2. The van der Waals surface area contributed by atoms with Crippen LogP contribution in [0.3, 0.4) is 0 Å². The number of fused-ring (bicyclic) bond motifs is 1. The van der Waals surface area contributed by atoms with Gasteiger partial charge in [-0.25, -0.2) is 0 Å². The Bertz CT molecular complexity index is 669. The first kappa shape index (κ1) is 10.9. The zero-order chi connectivity index (χ0) is 12.4. The molecule has 0 spiro atoms. The lowest BCUT2D eigenvalue weighted by molar-refractivity contribution is 0.414. The summed E-state index contributed by atoms with van der Waals surface area (Å²) in [4.78, 5) is 0. The predicted molar refractivity (Wildman–Crippen MR) is 74.0 cm³/mol. The quantitative estimate of drug-likeness (QED) is 0.677. The lowest BCUT2D eigenvalue weighted by atomic mass is 10.2. The zero-order valence-corrected chi connectivity index (χ0v) is 10.3. The molecule has 0 atom stereocenters. The largest absolute Gasteiger partial charge is 0.497 e. The monoisotopic (exact) mass is 237 g/mol. The maximum atomic E-state index is 5.25. The summed E-state index contributed by atoms with van der Waals surface area (Å²) in [5, 5.41) is 1.28. The summed E-state index contributed by atoms with van der Waals surface area (Å²) in [5.74, 6) is 0.906. The Morgan fingerprint density at radius 2 is 1.89 bits per heavy atom. The molecule has 2 aromatic carbocycles. The van der Waals surface area contributed by atoms with Crippen molar-refractivity contribution in [3.63, 3.8) is 0 Å². The van der Waals surface area contributed by atoms with Crippen molar-refractivity contribution in [1.82, 2.24) is 4.57 Å². The van der Waals surface area contributed by atoms with Gasteiger partial charge in [-0.15, -0.1) is 0 Å². The van der Waals surface area contributed by atoms with E-state index in [4.69, 9.17) is 4.74 Å². The van der Waals surface area contributed by atoms with Crippen molar-refractivity contribution in [2.24, 2.45) is 0 Å². The van der Waals surface area contributed by atoms with Gasteiger partial charge >= 0.3 is 0 Å². The van der Waals surface area contributed by atoms with Gasteiger partial charge < -0.3 is 9.30 Å². The van der Waals surface area contributed by atoms with E-state index >= 15 is 0 Å². The van der Waals surface area contributed by atoms with Gasteiger partial charge in [-0.2, -0.15) is 0 Å². The maximum Gasteiger partial charge on any atom is 0.119 e. The Balaban J connectivity index is 1.96. The zero-order valence-electron chi connectivity index (χ0n) is 10.3. The lowest BCUT2D eigenvalue weighted by Crippen LogP contribution is -1.97. The summed E-state index contributed by atoms with van der Waals surface area (Å²) in [7, 11) is 1.70. The van der Waals surface area contributed by atoms with Crippen LogP contribution < -0.4 is 4.74 Å². The van der Waals surface area contributed by atoms with E-state index in [1.54, 1.807) is 7.11 Å². The van der Waals surface area contributed by atoms with Gasteiger partial charge in [0.15, 0.2) is 0 Å². The van der Waals surface area contributed by atoms with Crippen LogP contribution in [-0.2, 0) is 6.54 Å². The predicted octanol–water partition coefficient (Wildman–Crippen LogP) is 3.70. The SMILES string of the molecule is COc1cccc(Cn2ccc3ccccc32)c1. The van der Waals surface area contributed by atoms with Gasteiger partial charge in [-0.05, 0) is 35.2 Å². The lowest BCUT2D eigenvalue weighted by Gasteiger charge is -2.07. The number of nitrogens with zero attached hydrogens (tertiary/aromatic N) is 1. The fraction of sp³-hybridized carbons (Fsp3) is 0.125. The van der Waals surface area contributed by atoms with Gasteiger partial charge in [-0.1, -0.05) is 30.3 Å². The Kier molecular flexibility index (Phi) is 2.77. The van der Waals surface area contributed by atoms with E-state index in [2.05, 4.69) is 53.2 Å². The van der Waals surface area contributed by atoms with Gasteiger partial charge in [0.1, 0.15) is 5.75 Å². The molecule has 0 aliphatic heterocycles. The third-order valence-electron chi connectivity index (χ3n) is 3.17. The molecule has 0 N–H and O–H groups in total. The van der Waals surface area contributed by atoms with Crippen molar-refractivity contribution in [3.8, 4) is 5.75 Å². The third-order valence-corrected chi connectivity index (χ3v) is 3.17. The molecular formula is C16H15NO. The van der Waals surface area contributed by atoms with E-state index in [-0.39, 0.29) is 0 Å². The molecule has 90 valence electrons. The summed E-state index contributed by atoms with van der Waals surface area (Å²) < 4.78 is 7.51. The standard InChI is InChI=1S/C16H15NO/c1-18-15-7-4-5-13(11-15)12-17-10-9-14-6-2-3-8-16(14)17/h2-11H,12H2,1H3. The normalized spacial score (nSPS) is 10.7. The molecule has 0 amide bonds. The molecule has 0 saturated heterocycles. The maximum absolute atomic E-state index is 5.25. The molecule has 0 aliphatic rings. The van der Waals surface area contributed by atoms with Crippen molar-refractivity contribution >= 4 is 10.9 Å². The van der Waals surface area contributed by atoms with Crippen LogP contribution in [0.1, 0.15) is 5.56 Å². The Morgan fingerprint density at radius 3 is 2.78 bits per heavy atom. The number of methoxy groups -OCH3 is 1. The molecule has 2 heteroatoms. The highest BCUT2D eigenvalue weighted by molar-refractivity contribution is 5.80. The summed E-state index contributed by atoms with van der Waals surface area (Å²) in [6, 6.07) is 18.8. The summed E-state index contributed by atoms with van der Waals surface area (Å²) in [6.45, 7) is 0.866. The van der Waals surface area contributed by atoms with E-state index < -0.39 is 0 Å². The highest BCUT2D eigenvalue weighted by Gasteiger charge is 2.01. The van der Waals surface area contributed by atoms with E-state index in [9.17, 15) is 0 Å². The molecule has 3 aromatic rings. The van der Waals surface area contributed by atoms with Gasteiger partial charge in [-0.3, -0.25) is 0 Å². The topological polar surface area (TPSA) is 14.2 Å². The van der Waals surface area contributed by atoms with Crippen LogP contribution in [0.4, 0.5) is 0 Å². The van der Waals surface area contributed by atoms with Crippen LogP contribution in [0.2, 0.25) is 0 Å². The molecular weight excluding hydrogens is 222 g/mol. The van der Waals surface area contributed by atoms with E-state index in [0.717, 1.165) is 12.3 Å². The average molecular weight is 237 g/mol. The van der Waals surface area contributed by atoms with Gasteiger partial charge in [0.05, 0.1) is 7.11 Å². The van der Waals surface area contributed by atoms with Gasteiger partial charge in [0.25, 0.3) is 0 Å². The molecule has 0 saturated carbocycles. The Morgan fingerprint density at radius 1 is 1.00 bits per heavy atom. The van der Waals surface area contributed by atoms with Crippen LogP contribution in [0.5, 0.6) is 5.75 Å². The number of hydrogen-bond donors (Lipinski definition) is 0. The minimum Gasteiger partial charge on any atom is -0.497 e. The first-order chi connectivity index (χ1) is 8.86. The van der Waals surface area contributed by atoms with Crippen molar-refractivity contribution in [1.29, 1.82) is 0 Å². The molecule has 2 nitrogen and oxygen atoms in total. The second-order valence-electron chi connectivity index (χ2n) is 4.35. The smallest absolute Gasteiger partial charge is 0.119 e. The first-order valence-electron chi connectivity index (χ1n) is 6.03. The second-order valence-corrected chi connectivity index (χ2v) is 4.35. The summed E-state index contributed by atoms with van der Waals surface area (Å²) in [6.07, 6.45) is 2.13. The fourth-order valence-corrected chi connectivity index (χ4v) is 2.25. The Labute approximate surface area is 106 Å². The minimum absolute atomic E-state index is 0.866. The van der Waals surface area contributed by atoms with Crippen LogP contribution in [-0.4, -0.2) is 11.7 Å². The van der Waals surface area contributed by atoms with Crippen LogP contribution >= 0.6 is 0 Å². The molecule has 0 unspecified atom stereocenters. The number of para-hydroxylation sites is 1. The summed E-state index contributed by atoms with van der Waals surface area (Å²) in [5.41, 5.74) is 2.51. The number of aromatic nitrogens is 1. The first-order valence-corrected chi connectivity index (χ1v) is 6.03. The van der Waals surface area contributed by atoms with Crippen LogP contribution in [0.15, 0.2) is 60.8 Å². The average Bonchev–Trinajstić information content (AvgIpc) is 2.83. The van der Waals surface area contributed by atoms with Crippen molar-refractivity contribution in [2.75, 3.05) is 7.11 Å². The fourth-order valence-electron chi connectivity index (χ4n) is 2.25. The van der Waals surface area contributed by atoms with E-state index in [1.807, 2.05) is 12.1 Å². The van der Waals surface area contributed by atoms with E-state index in [1.165, 1.54) is 16.5 Å². The highest BCUT2D eigenvalue weighted by atomic mass is 16.5. The third kappa shape index (κ3) is 1.97. The Hall–Kier alpha value is -2.22. The molecule has 0 aliphatic carbocycles. The number of rotatable bonds is 3. The molecule has 1 aromatic heterocycles. The summed E-state index contributed by atoms with van der Waals surface area (Å²) >= 11 is 0. The number of ether oxygens (including phenoxy) is 1. The molecule has 18 heavy (non-hydrogen) atoms. The molecule has 0 fully saturated rings. The van der Waals surface area contributed by atoms with Crippen LogP contribution in [0.25, 0.3) is 10.9 Å². The van der Waals surface area contributed by atoms with Crippen molar-refractivity contribution in [2.45, 2.75) is 6.54 Å². The molecule has 1 heterocycles. The molecule has 0 bridgehead atoms. The van der Waals surface area contributed by atoms with Crippen LogP contribution in [0, 0.1) is 0 Å². The van der Waals surface area contributed by atoms with E-state index in [0.29, 0.717) is 0 Å². The highest BCUT2D eigenvalue weighted by Crippen LogP contribution is 2.18. The second kappa shape index (κ2) is 4.57. The molecule has 3 rings (SSSR count). The molecule has 0 radical (unpaired) electrons. The van der Waals surface area contributed by atoms with Crippen molar-refractivity contribution < 1.29 is 4.74 Å².